The standard InChI is InChI=1S/C12H26N2O3S/c1-5-7-10(3)14-12(15)11(4)13-8-9-18(16,17)6-2/h10-11,13H,5-9H2,1-4H3,(H,14,15). The zero-order valence-corrected chi connectivity index (χ0v) is 12.6. The second-order valence-electron chi connectivity index (χ2n) is 4.61. The molecule has 0 saturated heterocycles. The van der Waals surface area contributed by atoms with Crippen LogP contribution in [0.1, 0.15) is 40.5 Å². The molecule has 0 aromatic carbocycles. The number of nitrogens with one attached hydrogen (secondary N) is 2. The molecule has 0 spiro atoms. The van der Waals surface area contributed by atoms with Crippen molar-refractivity contribution in [3.63, 3.8) is 0 Å². The maximum atomic E-state index is 11.7. The van der Waals surface area contributed by atoms with Gasteiger partial charge in [-0.2, -0.15) is 0 Å². The van der Waals surface area contributed by atoms with E-state index >= 15 is 0 Å². The van der Waals surface area contributed by atoms with Gasteiger partial charge < -0.3 is 10.6 Å². The van der Waals surface area contributed by atoms with Gasteiger partial charge in [-0.1, -0.05) is 20.3 Å². The van der Waals surface area contributed by atoms with E-state index in [4.69, 9.17) is 0 Å². The summed E-state index contributed by atoms with van der Waals surface area (Å²) in [5, 5.41) is 5.82. The Balaban J connectivity index is 3.95. The maximum Gasteiger partial charge on any atom is 0.237 e. The zero-order valence-electron chi connectivity index (χ0n) is 11.8. The Hall–Kier alpha value is -0.620. The van der Waals surface area contributed by atoms with Gasteiger partial charge in [0.05, 0.1) is 11.8 Å². The highest BCUT2D eigenvalue weighted by atomic mass is 32.2. The first-order valence-electron chi connectivity index (χ1n) is 6.56. The summed E-state index contributed by atoms with van der Waals surface area (Å²) in [7, 11) is -2.97. The van der Waals surface area contributed by atoms with Crippen LogP contribution >= 0.6 is 0 Å². The summed E-state index contributed by atoms with van der Waals surface area (Å²) in [5.74, 6) is 0.138. The number of hydrogen-bond acceptors (Lipinski definition) is 4. The van der Waals surface area contributed by atoms with Crippen LogP contribution in [0.5, 0.6) is 0 Å². The Morgan fingerprint density at radius 2 is 1.83 bits per heavy atom. The van der Waals surface area contributed by atoms with Crippen LogP contribution in [0.15, 0.2) is 0 Å². The predicted molar refractivity (Wildman–Crippen MR) is 74.3 cm³/mol. The summed E-state index contributed by atoms with van der Waals surface area (Å²) in [6.07, 6.45) is 1.97. The minimum Gasteiger partial charge on any atom is -0.352 e. The van der Waals surface area contributed by atoms with Crippen molar-refractivity contribution in [2.75, 3.05) is 18.1 Å². The molecular formula is C12H26N2O3S. The molecule has 0 aliphatic rings. The number of carbonyl (C=O) groups excluding carboxylic acids is 1. The lowest BCUT2D eigenvalue weighted by Crippen LogP contribution is -2.46. The molecule has 0 heterocycles. The molecule has 1 amide bonds. The highest BCUT2D eigenvalue weighted by molar-refractivity contribution is 7.91. The molecule has 2 unspecified atom stereocenters. The van der Waals surface area contributed by atoms with E-state index in [2.05, 4.69) is 17.6 Å². The van der Waals surface area contributed by atoms with E-state index in [1.54, 1.807) is 13.8 Å². The van der Waals surface area contributed by atoms with Gasteiger partial charge in [0.2, 0.25) is 5.91 Å². The predicted octanol–water partition coefficient (Wildman–Crippen LogP) is 0.704. The molecule has 0 bridgehead atoms. The van der Waals surface area contributed by atoms with Crippen molar-refractivity contribution in [2.24, 2.45) is 0 Å². The molecule has 0 saturated carbocycles. The van der Waals surface area contributed by atoms with Crippen molar-refractivity contribution in [3.8, 4) is 0 Å². The van der Waals surface area contributed by atoms with Gasteiger partial charge in [-0.05, 0) is 20.3 Å². The summed E-state index contributed by atoms with van der Waals surface area (Å²) >= 11 is 0. The van der Waals surface area contributed by atoms with E-state index in [-0.39, 0.29) is 29.5 Å². The molecule has 18 heavy (non-hydrogen) atoms. The van der Waals surface area contributed by atoms with E-state index in [0.717, 1.165) is 12.8 Å². The van der Waals surface area contributed by atoms with Crippen molar-refractivity contribution in [1.82, 2.24) is 10.6 Å². The second-order valence-corrected chi connectivity index (χ2v) is 7.08. The third kappa shape index (κ3) is 7.66. The number of carbonyl (C=O) groups is 1. The Labute approximate surface area is 111 Å². The van der Waals surface area contributed by atoms with Gasteiger partial charge in [0.1, 0.15) is 0 Å². The molecule has 5 nitrogen and oxygen atoms in total. The van der Waals surface area contributed by atoms with E-state index in [1.165, 1.54) is 0 Å². The summed E-state index contributed by atoms with van der Waals surface area (Å²) in [6.45, 7) is 7.72. The van der Waals surface area contributed by atoms with E-state index in [0.29, 0.717) is 6.54 Å². The molecule has 2 atom stereocenters. The fourth-order valence-electron chi connectivity index (χ4n) is 1.54. The average molecular weight is 278 g/mol. The van der Waals surface area contributed by atoms with Crippen LogP contribution in [0.25, 0.3) is 0 Å². The third-order valence-corrected chi connectivity index (χ3v) is 4.51. The third-order valence-electron chi connectivity index (χ3n) is 2.81. The lowest BCUT2D eigenvalue weighted by atomic mass is 10.2. The van der Waals surface area contributed by atoms with Crippen LogP contribution in [0.4, 0.5) is 0 Å². The summed E-state index contributed by atoms with van der Waals surface area (Å²) < 4.78 is 22.5. The molecular weight excluding hydrogens is 252 g/mol. The topological polar surface area (TPSA) is 75.3 Å². The number of sulfone groups is 1. The SMILES string of the molecule is CCCC(C)NC(=O)C(C)NCCS(=O)(=O)CC. The van der Waals surface area contributed by atoms with Crippen molar-refractivity contribution in [3.05, 3.63) is 0 Å². The zero-order chi connectivity index (χ0) is 14.2. The molecule has 6 heteroatoms. The van der Waals surface area contributed by atoms with Gasteiger partial charge in [0, 0.05) is 18.3 Å². The fraction of sp³-hybridized carbons (Fsp3) is 0.917. The van der Waals surface area contributed by atoms with Gasteiger partial charge in [-0.15, -0.1) is 0 Å². The van der Waals surface area contributed by atoms with Crippen LogP contribution in [0.3, 0.4) is 0 Å². The minimum atomic E-state index is -2.97. The van der Waals surface area contributed by atoms with Crippen molar-refractivity contribution >= 4 is 15.7 Å². The molecule has 0 radical (unpaired) electrons. The molecule has 0 rings (SSSR count). The Bertz CT molecular complexity index is 341. The molecule has 0 aromatic heterocycles. The van der Waals surface area contributed by atoms with Gasteiger partial charge in [0.15, 0.2) is 9.84 Å². The first kappa shape index (κ1) is 17.4. The first-order chi connectivity index (χ1) is 8.32. The van der Waals surface area contributed by atoms with Crippen LogP contribution in [-0.4, -0.2) is 44.5 Å². The maximum absolute atomic E-state index is 11.7. The number of hydrogen-bond donors (Lipinski definition) is 2. The molecule has 0 fully saturated rings. The Kier molecular flexibility index (Phi) is 8.18. The highest BCUT2D eigenvalue weighted by Gasteiger charge is 2.15. The summed E-state index contributed by atoms with van der Waals surface area (Å²) in [6, 6.07) is -0.206. The van der Waals surface area contributed by atoms with E-state index < -0.39 is 9.84 Å². The summed E-state index contributed by atoms with van der Waals surface area (Å²) in [5.41, 5.74) is 0. The van der Waals surface area contributed by atoms with Crippen LogP contribution in [0, 0.1) is 0 Å². The van der Waals surface area contributed by atoms with Gasteiger partial charge in [-0.3, -0.25) is 4.79 Å². The van der Waals surface area contributed by atoms with Crippen LogP contribution in [0.2, 0.25) is 0 Å². The van der Waals surface area contributed by atoms with Crippen molar-refractivity contribution in [1.29, 1.82) is 0 Å². The smallest absolute Gasteiger partial charge is 0.237 e. The molecule has 0 aliphatic carbocycles. The quantitative estimate of drug-likeness (QED) is 0.651. The largest absolute Gasteiger partial charge is 0.352 e. The van der Waals surface area contributed by atoms with Gasteiger partial charge in [-0.25, -0.2) is 8.42 Å². The minimum absolute atomic E-state index is 0.0750. The van der Waals surface area contributed by atoms with Gasteiger partial charge in [0.25, 0.3) is 0 Å². The molecule has 2 N–H and O–H groups in total. The average Bonchev–Trinajstić information content (AvgIpc) is 2.28. The molecule has 108 valence electrons. The highest BCUT2D eigenvalue weighted by Crippen LogP contribution is 1.96. The van der Waals surface area contributed by atoms with Crippen molar-refractivity contribution in [2.45, 2.75) is 52.6 Å². The normalized spacial score (nSPS) is 15.1. The number of amides is 1. The second kappa shape index (κ2) is 8.48. The Morgan fingerprint density at radius 3 is 2.33 bits per heavy atom. The fourth-order valence-corrected chi connectivity index (χ4v) is 2.26. The van der Waals surface area contributed by atoms with Crippen LogP contribution in [-0.2, 0) is 14.6 Å². The van der Waals surface area contributed by atoms with E-state index in [1.807, 2.05) is 6.92 Å². The molecule has 0 aromatic rings. The van der Waals surface area contributed by atoms with Crippen LogP contribution < -0.4 is 10.6 Å². The Morgan fingerprint density at radius 1 is 1.22 bits per heavy atom. The first-order valence-corrected chi connectivity index (χ1v) is 8.38. The monoisotopic (exact) mass is 278 g/mol. The lowest BCUT2D eigenvalue weighted by Gasteiger charge is -2.18. The molecule has 0 aliphatic heterocycles. The van der Waals surface area contributed by atoms with Gasteiger partial charge >= 0.3 is 0 Å². The lowest BCUT2D eigenvalue weighted by molar-refractivity contribution is -0.123. The number of rotatable bonds is 9. The summed E-state index contributed by atoms with van der Waals surface area (Å²) in [4.78, 5) is 11.7. The van der Waals surface area contributed by atoms with Crippen molar-refractivity contribution < 1.29 is 13.2 Å². The van der Waals surface area contributed by atoms with E-state index in [9.17, 15) is 13.2 Å².